The zero-order chi connectivity index (χ0) is 14.0. The second kappa shape index (κ2) is 4.77. The number of amides is 1. The van der Waals surface area contributed by atoms with Crippen LogP contribution in [0.5, 0.6) is 0 Å². The van der Waals surface area contributed by atoms with Gasteiger partial charge in [-0.1, -0.05) is 0 Å². The molecule has 1 amide bonds. The van der Waals surface area contributed by atoms with Gasteiger partial charge in [0.2, 0.25) is 0 Å². The number of carbonyl (C=O) groups excluding carboxylic acids is 1. The second-order valence-electron chi connectivity index (χ2n) is 3.78. The summed E-state index contributed by atoms with van der Waals surface area (Å²) in [5, 5.41) is 0. The molecule has 1 aromatic carbocycles. The van der Waals surface area contributed by atoms with Crippen molar-refractivity contribution in [2.75, 3.05) is 0 Å². The monoisotopic (exact) mass is 269 g/mol. The lowest BCUT2D eigenvalue weighted by Crippen LogP contribution is -2.31. The zero-order valence-electron chi connectivity index (χ0n) is 9.61. The van der Waals surface area contributed by atoms with E-state index >= 15 is 0 Å². The van der Waals surface area contributed by atoms with Gasteiger partial charge < -0.3 is 4.57 Å². The first-order valence-corrected chi connectivity index (χ1v) is 5.29. The lowest BCUT2D eigenvalue weighted by molar-refractivity contribution is -0.137. The van der Waals surface area contributed by atoms with Gasteiger partial charge >= 0.3 is 6.18 Å². The third kappa shape index (κ3) is 2.60. The lowest BCUT2D eigenvalue weighted by Gasteiger charge is -2.10. The number of hydrazine groups is 1. The molecule has 0 spiro atoms. The van der Waals surface area contributed by atoms with Gasteiger partial charge in [0.05, 0.1) is 5.56 Å². The van der Waals surface area contributed by atoms with Crippen molar-refractivity contribution in [2.45, 2.75) is 6.18 Å². The molecule has 0 fully saturated rings. The summed E-state index contributed by atoms with van der Waals surface area (Å²) in [6.07, 6.45) is -2.82. The molecule has 2 aromatic rings. The van der Waals surface area contributed by atoms with Crippen LogP contribution in [0.25, 0.3) is 5.69 Å². The number of hydrogen-bond acceptors (Lipinski definition) is 2. The number of alkyl halides is 3. The van der Waals surface area contributed by atoms with Crippen molar-refractivity contribution < 1.29 is 18.0 Å². The lowest BCUT2D eigenvalue weighted by atomic mass is 10.2. The van der Waals surface area contributed by atoms with E-state index in [9.17, 15) is 18.0 Å². The van der Waals surface area contributed by atoms with E-state index in [4.69, 9.17) is 5.84 Å². The maximum absolute atomic E-state index is 12.4. The Balaban J connectivity index is 2.38. The zero-order valence-corrected chi connectivity index (χ0v) is 9.61. The SMILES string of the molecule is NNC(=O)c1cccn1-c1ccc(C(F)(F)F)cc1. The van der Waals surface area contributed by atoms with Crippen LogP contribution in [0, 0.1) is 0 Å². The molecule has 3 N–H and O–H groups in total. The van der Waals surface area contributed by atoms with E-state index < -0.39 is 17.6 Å². The van der Waals surface area contributed by atoms with Gasteiger partial charge in [0.15, 0.2) is 0 Å². The van der Waals surface area contributed by atoms with Crippen molar-refractivity contribution in [3.05, 3.63) is 53.9 Å². The summed E-state index contributed by atoms with van der Waals surface area (Å²) < 4.78 is 38.8. The highest BCUT2D eigenvalue weighted by Gasteiger charge is 2.30. The largest absolute Gasteiger partial charge is 0.416 e. The first kappa shape index (κ1) is 13.2. The predicted octanol–water partition coefficient (Wildman–Crippen LogP) is 2.10. The molecule has 0 aliphatic carbocycles. The van der Waals surface area contributed by atoms with Gasteiger partial charge in [-0.3, -0.25) is 10.2 Å². The molecule has 0 saturated heterocycles. The van der Waals surface area contributed by atoms with Crippen molar-refractivity contribution in [1.82, 2.24) is 9.99 Å². The quantitative estimate of drug-likeness (QED) is 0.498. The van der Waals surface area contributed by atoms with Crippen LogP contribution in [0.15, 0.2) is 42.6 Å². The van der Waals surface area contributed by atoms with Crippen molar-refractivity contribution in [3.63, 3.8) is 0 Å². The molecular weight excluding hydrogens is 259 g/mol. The fourth-order valence-corrected chi connectivity index (χ4v) is 1.68. The highest BCUT2D eigenvalue weighted by molar-refractivity contribution is 5.92. The Morgan fingerprint density at radius 1 is 1.16 bits per heavy atom. The van der Waals surface area contributed by atoms with Crippen LogP contribution < -0.4 is 11.3 Å². The average molecular weight is 269 g/mol. The molecule has 4 nitrogen and oxygen atoms in total. The summed E-state index contributed by atoms with van der Waals surface area (Å²) in [6, 6.07) is 7.60. The molecule has 0 aliphatic heterocycles. The summed E-state index contributed by atoms with van der Waals surface area (Å²) in [5.41, 5.74) is 1.91. The summed E-state index contributed by atoms with van der Waals surface area (Å²) in [4.78, 5) is 11.5. The minimum atomic E-state index is -4.38. The number of rotatable bonds is 2. The topological polar surface area (TPSA) is 60.0 Å². The highest BCUT2D eigenvalue weighted by atomic mass is 19.4. The standard InChI is InChI=1S/C12H10F3N3O/c13-12(14,15)8-3-5-9(6-4-8)18-7-1-2-10(18)11(19)17-16/h1-7H,16H2,(H,17,19). The summed E-state index contributed by atoms with van der Waals surface area (Å²) in [7, 11) is 0. The van der Waals surface area contributed by atoms with Crippen molar-refractivity contribution in [2.24, 2.45) is 5.84 Å². The number of aromatic nitrogens is 1. The summed E-state index contributed by atoms with van der Waals surface area (Å²) in [5.74, 6) is 4.51. The molecule has 0 bridgehead atoms. The van der Waals surface area contributed by atoms with Crippen LogP contribution in [0.3, 0.4) is 0 Å². The Hall–Kier alpha value is -2.28. The molecule has 1 heterocycles. The van der Waals surface area contributed by atoms with E-state index in [0.717, 1.165) is 12.1 Å². The molecule has 7 heteroatoms. The van der Waals surface area contributed by atoms with Crippen LogP contribution in [0.1, 0.15) is 16.1 Å². The minimum absolute atomic E-state index is 0.238. The summed E-state index contributed by atoms with van der Waals surface area (Å²) in [6.45, 7) is 0. The second-order valence-corrected chi connectivity index (χ2v) is 3.78. The van der Waals surface area contributed by atoms with Gasteiger partial charge in [0.25, 0.3) is 5.91 Å². The van der Waals surface area contributed by atoms with Gasteiger partial charge in [-0.2, -0.15) is 13.2 Å². The third-order valence-electron chi connectivity index (χ3n) is 2.59. The van der Waals surface area contributed by atoms with E-state index in [1.165, 1.54) is 22.8 Å². The van der Waals surface area contributed by atoms with Gasteiger partial charge in [-0.15, -0.1) is 0 Å². The van der Waals surface area contributed by atoms with Crippen LogP contribution in [0.4, 0.5) is 13.2 Å². The fraction of sp³-hybridized carbons (Fsp3) is 0.0833. The molecule has 0 unspecified atom stereocenters. The number of halogens is 3. The smallest absolute Gasteiger partial charge is 0.312 e. The normalized spacial score (nSPS) is 11.4. The molecule has 1 aromatic heterocycles. The molecule has 0 radical (unpaired) electrons. The summed E-state index contributed by atoms with van der Waals surface area (Å²) >= 11 is 0. The maximum atomic E-state index is 12.4. The molecule has 0 atom stereocenters. The van der Waals surface area contributed by atoms with Gasteiger partial charge in [0.1, 0.15) is 5.69 Å². The predicted molar refractivity (Wildman–Crippen MR) is 62.4 cm³/mol. The Labute approximate surface area is 106 Å². The fourth-order valence-electron chi connectivity index (χ4n) is 1.68. The van der Waals surface area contributed by atoms with E-state index in [1.54, 1.807) is 12.3 Å². The maximum Gasteiger partial charge on any atom is 0.416 e. The molecule has 19 heavy (non-hydrogen) atoms. The first-order chi connectivity index (χ1) is 8.93. The number of carbonyl (C=O) groups is 1. The first-order valence-electron chi connectivity index (χ1n) is 5.29. The number of nitrogen functional groups attached to an aromatic ring is 1. The molecule has 0 aliphatic rings. The average Bonchev–Trinajstić information content (AvgIpc) is 2.86. The Bertz CT molecular complexity index is 587. The van der Waals surface area contributed by atoms with Gasteiger partial charge in [0, 0.05) is 11.9 Å². The van der Waals surface area contributed by atoms with Crippen LogP contribution in [-0.2, 0) is 6.18 Å². The molecular formula is C12H10F3N3O. The third-order valence-corrected chi connectivity index (χ3v) is 2.59. The van der Waals surface area contributed by atoms with Crippen LogP contribution in [-0.4, -0.2) is 10.5 Å². The van der Waals surface area contributed by atoms with E-state index in [2.05, 4.69) is 0 Å². The number of nitrogens with two attached hydrogens (primary N) is 1. The number of nitrogens with zero attached hydrogens (tertiary/aromatic N) is 1. The van der Waals surface area contributed by atoms with E-state index in [1.807, 2.05) is 5.43 Å². The Morgan fingerprint density at radius 2 is 1.79 bits per heavy atom. The highest BCUT2D eigenvalue weighted by Crippen LogP contribution is 2.29. The Morgan fingerprint density at radius 3 is 2.32 bits per heavy atom. The Kier molecular flexibility index (Phi) is 3.30. The number of hydrogen-bond donors (Lipinski definition) is 2. The van der Waals surface area contributed by atoms with E-state index in [-0.39, 0.29) is 5.69 Å². The number of nitrogens with one attached hydrogen (secondary N) is 1. The van der Waals surface area contributed by atoms with Crippen molar-refractivity contribution >= 4 is 5.91 Å². The molecule has 100 valence electrons. The number of benzene rings is 1. The molecule has 0 saturated carbocycles. The van der Waals surface area contributed by atoms with Gasteiger partial charge in [-0.05, 0) is 36.4 Å². The molecule has 2 rings (SSSR count). The van der Waals surface area contributed by atoms with E-state index in [0.29, 0.717) is 5.69 Å². The van der Waals surface area contributed by atoms with Gasteiger partial charge in [-0.25, -0.2) is 5.84 Å². The van der Waals surface area contributed by atoms with Crippen LogP contribution >= 0.6 is 0 Å². The van der Waals surface area contributed by atoms with Crippen molar-refractivity contribution in [3.8, 4) is 5.69 Å². The minimum Gasteiger partial charge on any atom is -0.312 e. The van der Waals surface area contributed by atoms with Crippen LogP contribution in [0.2, 0.25) is 0 Å². The van der Waals surface area contributed by atoms with Crippen molar-refractivity contribution in [1.29, 1.82) is 0 Å².